The molecule has 30 heavy (non-hydrogen) atoms. The average molecular weight is 437 g/mol. The van der Waals surface area contributed by atoms with Crippen LogP contribution in [0.5, 0.6) is 11.5 Å². The van der Waals surface area contributed by atoms with Crippen LogP contribution in [0.15, 0.2) is 36.4 Å². The Morgan fingerprint density at radius 2 is 1.80 bits per heavy atom. The summed E-state index contributed by atoms with van der Waals surface area (Å²) >= 11 is 5.89. The van der Waals surface area contributed by atoms with E-state index in [1.807, 2.05) is 12.1 Å². The van der Waals surface area contributed by atoms with E-state index in [1.54, 1.807) is 27.3 Å². The van der Waals surface area contributed by atoms with Gasteiger partial charge in [-0.2, -0.15) is 0 Å². The predicted octanol–water partition coefficient (Wildman–Crippen LogP) is 3.12. The van der Waals surface area contributed by atoms with Crippen LogP contribution in [-0.4, -0.2) is 56.1 Å². The highest BCUT2D eigenvalue weighted by Crippen LogP contribution is 2.27. The van der Waals surface area contributed by atoms with Gasteiger partial charge in [-0.3, -0.25) is 14.9 Å². The Kier molecular flexibility index (Phi) is 7.99. The zero-order chi connectivity index (χ0) is 22.3. The number of hydrogen-bond donors (Lipinski definition) is 0. The Labute approximate surface area is 178 Å². The minimum absolute atomic E-state index is 0.0527. The first-order valence-electron chi connectivity index (χ1n) is 8.82. The lowest BCUT2D eigenvalue weighted by atomic mass is 10.1. The van der Waals surface area contributed by atoms with Crippen LogP contribution < -0.4 is 9.47 Å². The van der Waals surface area contributed by atoms with E-state index >= 15 is 0 Å². The molecule has 0 heterocycles. The average Bonchev–Trinajstić information content (AvgIpc) is 2.74. The van der Waals surface area contributed by atoms with E-state index in [0.29, 0.717) is 24.5 Å². The number of benzene rings is 2. The first kappa shape index (κ1) is 23.0. The molecule has 10 heteroatoms. The molecule has 0 aliphatic rings. The summed E-state index contributed by atoms with van der Waals surface area (Å²) in [6.07, 6.45) is 0.560. The van der Waals surface area contributed by atoms with Crippen LogP contribution in [0.25, 0.3) is 0 Å². The fraction of sp³-hybridized carbons (Fsp3) is 0.300. The third kappa shape index (κ3) is 5.84. The van der Waals surface area contributed by atoms with Crippen LogP contribution in [0, 0.1) is 10.1 Å². The summed E-state index contributed by atoms with van der Waals surface area (Å²) in [5, 5.41) is 10.6. The monoisotopic (exact) mass is 436 g/mol. The Balaban J connectivity index is 1.89. The zero-order valence-electron chi connectivity index (χ0n) is 16.7. The largest absolute Gasteiger partial charge is 0.493 e. The van der Waals surface area contributed by atoms with Crippen molar-refractivity contribution in [3.63, 3.8) is 0 Å². The number of nitro benzene ring substituents is 1. The number of rotatable bonds is 9. The molecule has 0 spiro atoms. The second kappa shape index (κ2) is 10.4. The van der Waals surface area contributed by atoms with Gasteiger partial charge in [0.2, 0.25) is 0 Å². The van der Waals surface area contributed by atoms with Gasteiger partial charge in [0, 0.05) is 25.7 Å². The van der Waals surface area contributed by atoms with E-state index in [-0.39, 0.29) is 16.3 Å². The van der Waals surface area contributed by atoms with Crippen molar-refractivity contribution in [1.82, 2.24) is 4.90 Å². The molecule has 9 nitrogen and oxygen atoms in total. The quantitative estimate of drug-likeness (QED) is 0.337. The number of nitro groups is 1. The molecule has 0 aromatic heterocycles. The number of ether oxygens (including phenoxy) is 3. The van der Waals surface area contributed by atoms with Gasteiger partial charge in [0.25, 0.3) is 11.6 Å². The molecule has 0 atom stereocenters. The Bertz CT molecular complexity index is 949. The van der Waals surface area contributed by atoms with Crippen LogP contribution in [0.1, 0.15) is 15.9 Å². The molecule has 0 aliphatic carbocycles. The summed E-state index contributed by atoms with van der Waals surface area (Å²) in [6.45, 7) is -0.0846. The lowest BCUT2D eigenvalue weighted by Crippen LogP contribution is -2.32. The molecule has 2 rings (SSSR count). The van der Waals surface area contributed by atoms with Gasteiger partial charge in [0.15, 0.2) is 18.1 Å². The number of hydrogen-bond acceptors (Lipinski definition) is 7. The maximum Gasteiger partial charge on any atom is 0.340 e. The van der Waals surface area contributed by atoms with Crippen LogP contribution >= 0.6 is 11.6 Å². The highest BCUT2D eigenvalue weighted by atomic mass is 35.5. The summed E-state index contributed by atoms with van der Waals surface area (Å²) < 4.78 is 15.4. The van der Waals surface area contributed by atoms with E-state index in [9.17, 15) is 19.7 Å². The standard InChI is InChI=1S/C20H21ClN2O7/c1-22(9-8-13-4-7-17(28-2)18(10-13)29-3)19(24)12-30-20(25)15-6-5-14(23(26)27)11-16(15)21/h4-7,10-11H,8-9,12H2,1-3H3. The van der Waals surface area contributed by atoms with Crippen molar-refractivity contribution < 1.29 is 28.7 Å². The number of esters is 1. The minimum Gasteiger partial charge on any atom is -0.493 e. The number of likely N-dealkylation sites (N-methyl/N-ethyl adjacent to an activating group) is 1. The van der Waals surface area contributed by atoms with Crippen molar-refractivity contribution >= 4 is 29.2 Å². The van der Waals surface area contributed by atoms with Gasteiger partial charge in [0.05, 0.1) is 29.7 Å². The van der Waals surface area contributed by atoms with E-state index in [0.717, 1.165) is 17.7 Å². The third-order valence-corrected chi connectivity index (χ3v) is 4.63. The van der Waals surface area contributed by atoms with Crippen LogP contribution in [-0.2, 0) is 16.0 Å². The molecular formula is C20H21ClN2O7. The highest BCUT2D eigenvalue weighted by Gasteiger charge is 2.18. The molecular weight excluding hydrogens is 416 g/mol. The molecule has 2 aromatic rings. The van der Waals surface area contributed by atoms with Crippen molar-refractivity contribution in [2.45, 2.75) is 6.42 Å². The number of carbonyl (C=O) groups is 2. The lowest BCUT2D eigenvalue weighted by Gasteiger charge is -2.17. The second-order valence-electron chi connectivity index (χ2n) is 6.25. The van der Waals surface area contributed by atoms with Gasteiger partial charge in [0.1, 0.15) is 0 Å². The van der Waals surface area contributed by atoms with Crippen LogP contribution in [0.4, 0.5) is 5.69 Å². The van der Waals surface area contributed by atoms with Gasteiger partial charge in [-0.15, -0.1) is 0 Å². The molecule has 0 radical (unpaired) electrons. The lowest BCUT2D eigenvalue weighted by molar-refractivity contribution is -0.384. The molecule has 0 saturated carbocycles. The molecule has 0 saturated heterocycles. The van der Waals surface area contributed by atoms with Crippen molar-refractivity contribution in [2.24, 2.45) is 0 Å². The zero-order valence-corrected chi connectivity index (χ0v) is 17.5. The summed E-state index contributed by atoms with van der Waals surface area (Å²) in [5.41, 5.74) is 0.646. The third-order valence-electron chi connectivity index (χ3n) is 4.32. The molecule has 0 unspecified atom stereocenters. The van der Waals surface area contributed by atoms with Crippen molar-refractivity contribution in [1.29, 1.82) is 0 Å². The molecule has 0 N–H and O–H groups in total. The number of carbonyl (C=O) groups excluding carboxylic acids is 2. The van der Waals surface area contributed by atoms with E-state index in [4.69, 9.17) is 25.8 Å². The van der Waals surface area contributed by atoms with Crippen LogP contribution in [0.2, 0.25) is 5.02 Å². The second-order valence-corrected chi connectivity index (χ2v) is 6.66. The smallest absolute Gasteiger partial charge is 0.340 e. The molecule has 0 fully saturated rings. The normalized spacial score (nSPS) is 10.3. The van der Waals surface area contributed by atoms with E-state index < -0.39 is 23.4 Å². The minimum atomic E-state index is -0.837. The Morgan fingerprint density at radius 1 is 1.10 bits per heavy atom. The molecule has 160 valence electrons. The van der Waals surface area contributed by atoms with Crippen molar-refractivity contribution in [3.05, 3.63) is 62.7 Å². The fourth-order valence-corrected chi connectivity index (χ4v) is 2.81. The summed E-state index contributed by atoms with van der Waals surface area (Å²) in [4.78, 5) is 35.9. The van der Waals surface area contributed by atoms with Gasteiger partial charge in [-0.25, -0.2) is 4.79 Å². The number of amides is 1. The summed E-state index contributed by atoms with van der Waals surface area (Å²) in [6, 6.07) is 8.86. The van der Waals surface area contributed by atoms with Gasteiger partial charge < -0.3 is 19.1 Å². The first-order chi connectivity index (χ1) is 14.3. The number of methoxy groups -OCH3 is 2. The highest BCUT2D eigenvalue weighted by molar-refractivity contribution is 6.33. The Hall–Kier alpha value is -3.33. The van der Waals surface area contributed by atoms with Gasteiger partial charge in [-0.05, 0) is 30.2 Å². The van der Waals surface area contributed by atoms with Crippen molar-refractivity contribution in [2.75, 3.05) is 34.4 Å². The number of non-ortho nitro benzene ring substituents is 1. The van der Waals surface area contributed by atoms with Crippen LogP contribution in [0.3, 0.4) is 0 Å². The van der Waals surface area contributed by atoms with E-state index in [1.165, 1.54) is 11.0 Å². The maximum absolute atomic E-state index is 12.2. The Morgan fingerprint density at radius 3 is 2.40 bits per heavy atom. The van der Waals surface area contributed by atoms with Crippen molar-refractivity contribution in [3.8, 4) is 11.5 Å². The number of halogens is 1. The fourth-order valence-electron chi connectivity index (χ4n) is 2.56. The SMILES string of the molecule is COc1ccc(CCN(C)C(=O)COC(=O)c2ccc([N+](=O)[O-])cc2Cl)cc1OC. The molecule has 1 amide bonds. The maximum atomic E-state index is 12.2. The molecule has 2 aromatic carbocycles. The topological polar surface area (TPSA) is 108 Å². The van der Waals surface area contributed by atoms with E-state index in [2.05, 4.69) is 0 Å². The summed E-state index contributed by atoms with van der Waals surface area (Å²) in [7, 11) is 4.69. The molecule has 0 bridgehead atoms. The predicted molar refractivity (Wildman–Crippen MR) is 109 cm³/mol. The number of nitrogens with zero attached hydrogens (tertiary/aromatic N) is 2. The molecule has 0 aliphatic heterocycles. The summed E-state index contributed by atoms with van der Waals surface area (Å²) in [5.74, 6) is -0.0289. The van der Waals surface area contributed by atoms with Gasteiger partial charge >= 0.3 is 5.97 Å². The van der Waals surface area contributed by atoms with Gasteiger partial charge in [-0.1, -0.05) is 17.7 Å². The first-order valence-corrected chi connectivity index (χ1v) is 9.20.